The molecule has 0 saturated carbocycles. The van der Waals surface area contributed by atoms with Gasteiger partial charge in [-0.05, 0) is 0 Å². The van der Waals surface area contributed by atoms with Crippen LogP contribution in [0.25, 0.3) is 0 Å². The monoisotopic (exact) mass is 537 g/mol. The van der Waals surface area contributed by atoms with Gasteiger partial charge >= 0.3 is 198 Å². The van der Waals surface area contributed by atoms with E-state index in [1.165, 1.54) is 15.9 Å². The Hall–Kier alpha value is -2.49. The number of nitrogens with one attached hydrogen (secondary N) is 1. The number of carbonyl (C=O) groups is 1. The van der Waals surface area contributed by atoms with Crippen molar-refractivity contribution in [3.05, 3.63) is 121 Å². The predicted molar refractivity (Wildman–Crippen MR) is 144 cm³/mol. The zero-order chi connectivity index (χ0) is 21.8. The Bertz CT molecular complexity index is 1080. The van der Waals surface area contributed by atoms with Crippen LogP contribution in [0.2, 0.25) is 0 Å². The van der Waals surface area contributed by atoms with E-state index in [0.29, 0.717) is 0 Å². The summed E-state index contributed by atoms with van der Waals surface area (Å²) in [6.45, 7) is 1.61. The first-order valence-corrected chi connectivity index (χ1v) is 15.5. The third kappa shape index (κ3) is 4.05. The minimum atomic E-state index is -2.89. The van der Waals surface area contributed by atoms with Crippen molar-refractivity contribution in [3.63, 3.8) is 0 Å². The average molecular weight is 537 g/mol. The Balaban J connectivity index is 1.93. The summed E-state index contributed by atoms with van der Waals surface area (Å²) in [7, 11) is 0. The Morgan fingerprint density at radius 2 is 1.16 bits per heavy atom. The second-order valence-electron chi connectivity index (χ2n) is 7.66. The van der Waals surface area contributed by atoms with Gasteiger partial charge in [-0.15, -0.1) is 0 Å². The van der Waals surface area contributed by atoms with Crippen LogP contribution in [0.4, 0.5) is 5.69 Å². The van der Waals surface area contributed by atoms with Crippen LogP contribution < -0.4 is 21.2 Å². The van der Waals surface area contributed by atoms with Gasteiger partial charge in [0.1, 0.15) is 0 Å². The maximum absolute atomic E-state index is 11.9. The summed E-state index contributed by atoms with van der Waals surface area (Å²) in [6, 6.07) is 40.2. The first-order valence-electron chi connectivity index (χ1n) is 10.3. The van der Waals surface area contributed by atoms with Crippen molar-refractivity contribution in [2.24, 2.45) is 0 Å². The van der Waals surface area contributed by atoms with Crippen molar-refractivity contribution in [1.82, 2.24) is 0 Å². The number of hydrogen-bond acceptors (Lipinski definition) is 2. The predicted octanol–water partition coefficient (Wildman–Crippen LogP) is 6.14. The van der Waals surface area contributed by atoms with Crippen LogP contribution in [0.5, 0.6) is 0 Å². The van der Waals surface area contributed by atoms with Crippen LogP contribution in [-0.4, -0.2) is 12.1 Å². The maximum atomic E-state index is 11.9. The molecule has 0 amide bonds. The Morgan fingerprint density at radius 3 is 1.58 bits per heavy atom. The van der Waals surface area contributed by atoms with Crippen molar-refractivity contribution < 1.29 is 4.79 Å². The van der Waals surface area contributed by atoms with Crippen molar-refractivity contribution in [2.75, 3.05) is 11.6 Å². The fraction of sp³-hybridized carbons (Fsp3) is 0.0741. The first-order chi connectivity index (χ1) is 15.0. The Morgan fingerprint density at radius 1 is 0.710 bits per heavy atom. The third-order valence-corrected chi connectivity index (χ3v) is 16.6. The molecule has 0 aliphatic carbocycles. The molecule has 0 aliphatic heterocycles. The molecule has 0 aromatic heterocycles. The second kappa shape index (κ2) is 8.94. The first kappa shape index (κ1) is 21.7. The van der Waals surface area contributed by atoms with Crippen molar-refractivity contribution in [3.8, 4) is 0 Å². The van der Waals surface area contributed by atoms with E-state index in [9.17, 15) is 4.79 Å². The van der Waals surface area contributed by atoms with Gasteiger partial charge in [0, 0.05) is 0 Å². The van der Waals surface area contributed by atoms with E-state index in [1.54, 1.807) is 6.92 Å². The number of hydrogen-bond donors (Lipinski definition) is 1. The molecule has 2 nitrogen and oxygen atoms in total. The summed E-state index contributed by atoms with van der Waals surface area (Å²) in [6.07, 6.45) is 0.742. The third-order valence-electron chi connectivity index (χ3n) is 5.73. The molecular formula is C27H25INOP. The molecule has 4 aromatic rings. The van der Waals surface area contributed by atoms with E-state index >= 15 is 0 Å². The number of benzene rings is 4. The van der Waals surface area contributed by atoms with Crippen LogP contribution in [-0.2, 0) is 0 Å². The van der Waals surface area contributed by atoms with E-state index in [4.69, 9.17) is 0 Å². The number of carbonyl (C=O) groups excluding carboxylic acids is 1. The van der Waals surface area contributed by atoms with Gasteiger partial charge in [0.05, 0.1) is 0 Å². The molecule has 0 atom stereocenters. The molecular weight excluding hydrogens is 512 g/mol. The number of ketones is 1. The van der Waals surface area contributed by atoms with E-state index in [1.807, 2.05) is 24.3 Å². The normalized spacial score (nSPS) is 12.5. The molecule has 0 saturated heterocycles. The molecule has 0 unspecified atom stereocenters. The van der Waals surface area contributed by atoms with Crippen molar-refractivity contribution >= 4 is 53.7 Å². The SMILES string of the molecule is CC(=O)c1cccc(NCP(I)(c2ccccc2)(c2ccccc2)c2ccccc2)c1. The van der Waals surface area contributed by atoms with Gasteiger partial charge in [0.25, 0.3) is 0 Å². The molecule has 0 fully saturated rings. The van der Waals surface area contributed by atoms with E-state index in [2.05, 4.69) is 118 Å². The molecule has 4 aromatic carbocycles. The minimum absolute atomic E-state index is 0.0739. The Kier molecular flexibility index (Phi) is 6.27. The van der Waals surface area contributed by atoms with Gasteiger partial charge < -0.3 is 0 Å². The fourth-order valence-corrected chi connectivity index (χ4v) is 11.7. The Labute approximate surface area is 197 Å². The molecule has 0 bridgehead atoms. The van der Waals surface area contributed by atoms with Crippen LogP contribution in [0, 0.1) is 0 Å². The average Bonchev–Trinajstić information content (AvgIpc) is 2.84. The molecule has 0 spiro atoms. The number of rotatable bonds is 7. The van der Waals surface area contributed by atoms with Gasteiger partial charge in [0.15, 0.2) is 0 Å². The summed E-state index contributed by atoms with van der Waals surface area (Å²) >= 11 is 2.76. The van der Waals surface area contributed by atoms with Crippen LogP contribution >= 0.6 is 26.3 Å². The van der Waals surface area contributed by atoms with E-state index in [-0.39, 0.29) is 5.78 Å². The van der Waals surface area contributed by atoms with Gasteiger partial charge in [-0.2, -0.15) is 0 Å². The number of halogens is 1. The molecule has 4 heteroatoms. The van der Waals surface area contributed by atoms with Crippen molar-refractivity contribution in [2.45, 2.75) is 6.92 Å². The van der Waals surface area contributed by atoms with Crippen LogP contribution in [0.15, 0.2) is 115 Å². The number of anilines is 1. The van der Waals surface area contributed by atoms with Crippen LogP contribution in [0.3, 0.4) is 0 Å². The summed E-state index contributed by atoms with van der Waals surface area (Å²) < 4.78 is -2.89. The topological polar surface area (TPSA) is 29.1 Å². The molecule has 0 radical (unpaired) electrons. The zero-order valence-corrected chi connectivity index (χ0v) is 20.5. The van der Waals surface area contributed by atoms with Crippen LogP contribution in [0.1, 0.15) is 17.3 Å². The standard InChI is InChI=1S/C27H25INOP/c1-22(30)23-12-11-13-24(20-23)29-21-31(28,25-14-5-2-6-15-25,26-16-7-3-8-17-26)27-18-9-4-10-19-27/h2-20,29H,21H2,1H3. The molecule has 156 valence electrons. The summed E-state index contributed by atoms with van der Waals surface area (Å²) in [4.78, 5) is 11.9. The zero-order valence-electron chi connectivity index (χ0n) is 17.4. The summed E-state index contributed by atoms with van der Waals surface area (Å²) in [5.41, 5.74) is 1.68. The van der Waals surface area contributed by atoms with Gasteiger partial charge in [-0.1, -0.05) is 0 Å². The van der Waals surface area contributed by atoms with E-state index in [0.717, 1.165) is 17.5 Å². The van der Waals surface area contributed by atoms with E-state index < -0.39 is 4.25 Å². The second-order valence-corrected chi connectivity index (χ2v) is 18.3. The van der Waals surface area contributed by atoms with Gasteiger partial charge in [0.2, 0.25) is 0 Å². The molecule has 0 heterocycles. The quantitative estimate of drug-likeness (QED) is 0.174. The molecule has 1 N–H and O–H groups in total. The number of Topliss-reactive ketones (excluding diaryl/α,β-unsaturated/α-hetero) is 1. The van der Waals surface area contributed by atoms with Gasteiger partial charge in [-0.3, -0.25) is 0 Å². The summed E-state index contributed by atoms with van der Waals surface area (Å²) in [5.74, 6) is 0.0739. The summed E-state index contributed by atoms with van der Waals surface area (Å²) in [5, 5.41) is 7.68. The fourth-order valence-electron chi connectivity index (χ4n) is 4.03. The molecule has 31 heavy (non-hydrogen) atoms. The van der Waals surface area contributed by atoms with Crippen molar-refractivity contribution in [1.29, 1.82) is 0 Å². The van der Waals surface area contributed by atoms with Gasteiger partial charge in [-0.25, -0.2) is 0 Å². The molecule has 0 aliphatic rings. The molecule has 4 rings (SSSR count).